The van der Waals surface area contributed by atoms with Gasteiger partial charge in [-0.15, -0.1) is 16.4 Å². The van der Waals surface area contributed by atoms with Gasteiger partial charge < -0.3 is 0 Å². The SMILES string of the molecule is O=c1n(CN2CCc3sccc3[C@H]2c2ccccc2)nc2ccccn12. The second kappa shape index (κ2) is 6.23. The molecule has 3 aromatic heterocycles. The Morgan fingerprint density at radius 1 is 1.08 bits per heavy atom. The van der Waals surface area contributed by atoms with Crippen molar-refractivity contribution < 1.29 is 0 Å². The van der Waals surface area contributed by atoms with Crippen molar-refractivity contribution in [3.8, 4) is 0 Å². The molecule has 1 aliphatic heterocycles. The Bertz CT molecular complexity index is 1110. The summed E-state index contributed by atoms with van der Waals surface area (Å²) < 4.78 is 3.17. The molecule has 0 radical (unpaired) electrons. The molecular formula is C20H18N4OS. The summed E-state index contributed by atoms with van der Waals surface area (Å²) in [6.07, 6.45) is 2.78. The molecule has 0 aliphatic carbocycles. The molecule has 130 valence electrons. The van der Waals surface area contributed by atoms with Crippen molar-refractivity contribution >= 4 is 17.0 Å². The molecule has 26 heavy (non-hydrogen) atoms. The first-order chi connectivity index (χ1) is 12.8. The van der Waals surface area contributed by atoms with E-state index in [4.69, 9.17) is 0 Å². The van der Waals surface area contributed by atoms with Crippen molar-refractivity contribution in [2.75, 3.05) is 6.54 Å². The summed E-state index contributed by atoms with van der Waals surface area (Å²) in [5.74, 6) is 0. The first-order valence-electron chi connectivity index (χ1n) is 8.71. The molecule has 0 bridgehead atoms. The van der Waals surface area contributed by atoms with E-state index in [0.717, 1.165) is 13.0 Å². The number of thiophene rings is 1. The lowest BCUT2D eigenvalue weighted by molar-refractivity contribution is 0.155. The fourth-order valence-corrected chi connectivity index (χ4v) is 4.68. The normalized spacial score (nSPS) is 17.5. The van der Waals surface area contributed by atoms with Crippen LogP contribution in [0.2, 0.25) is 0 Å². The third-order valence-electron chi connectivity index (χ3n) is 4.99. The van der Waals surface area contributed by atoms with E-state index in [9.17, 15) is 4.79 Å². The summed E-state index contributed by atoms with van der Waals surface area (Å²) in [6, 6.07) is 18.5. The average molecular weight is 362 g/mol. The second-order valence-corrected chi connectivity index (χ2v) is 7.53. The number of fused-ring (bicyclic) bond motifs is 2. The van der Waals surface area contributed by atoms with Gasteiger partial charge in [0.25, 0.3) is 0 Å². The number of hydrogen-bond acceptors (Lipinski definition) is 4. The topological polar surface area (TPSA) is 42.5 Å². The molecule has 0 amide bonds. The van der Waals surface area contributed by atoms with Crippen LogP contribution in [0.15, 0.2) is 71.0 Å². The van der Waals surface area contributed by atoms with Crippen LogP contribution in [0, 0.1) is 0 Å². The van der Waals surface area contributed by atoms with Gasteiger partial charge >= 0.3 is 5.69 Å². The molecule has 0 spiro atoms. The average Bonchev–Trinajstić information content (AvgIpc) is 3.28. The first kappa shape index (κ1) is 15.5. The van der Waals surface area contributed by atoms with Gasteiger partial charge in [0.05, 0.1) is 12.7 Å². The minimum Gasteiger partial charge on any atom is -0.273 e. The van der Waals surface area contributed by atoms with Crippen LogP contribution in [0.1, 0.15) is 22.0 Å². The van der Waals surface area contributed by atoms with Crippen molar-refractivity contribution in [2.24, 2.45) is 0 Å². The molecule has 5 nitrogen and oxygen atoms in total. The molecule has 1 aliphatic rings. The fourth-order valence-electron chi connectivity index (χ4n) is 3.78. The molecular weight excluding hydrogens is 344 g/mol. The monoisotopic (exact) mass is 362 g/mol. The number of aromatic nitrogens is 3. The van der Waals surface area contributed by atoms with E-state index in [0.29, 0.717) is 12.3 Å². The van der Waals surface area contributed by atoms with Crippen LogP contribution >= 0.6 is 11.3 Å². The van der Waals surface area contributed by atoms with Crippen LogP contribution in [-0.4, -0.2) is 25.6 Å². The van der Waals surface area contributed by atoms with Crippen LogP contribution in [0.3, 0.4) is 0 Å². The van der Waals surface area contributed by atoms with Crippen molar-refractivity contribution in [3.05, 3.63) is 92.7 Å². The lowest BCUT2D eigenvalue weighted by Gasteiger charge is -2.35. The number of hydrogen-bond donors (Lipinski definition) is 0. The summed E-state index contributed by atoms with van der Waals surface area (Å²) >= 11 is 1.82. The molecule has 0 N–H and O–H groups in total. The van der Waals surface area contributed by atoms with Gasteiger partial charge in [0.2, 0.25) is 0 Å². The lowest BCUT2D eigenvalue weighted by Crippen LogP contribution is -2.39. The summed E-state index contributed by atoms with van der Waals surface area (Å²) in [4.78, 5) is 16.5. The van der Waals surface area contributed by atoms with E-state index in [1.165, 1.54) is 16.0 Å². The van der Waals surface area contributed by atoms with E-state index >= 15 is 0 Å². The van der Waals surface area contributed by atoms with Crippen LogP contribution in [0.4, 0.5) is 0 Å². The number of benzene rings is 1. The quantitative estimate of drug-likeness (QED) is 0.562. The molecule has 4 heterocycles. The molecule has 0 unspecified atom stereocenters. The van der Waals surface area contributed by atoms with E-state index in [2.05, 4.69) is 45.7 Å². The maximum Gasteiger partial charge on any atom is 0.351 e. The highest BCUT2D eigenvalue weighted by atomic mass is 32.1. The van der Waals surface area contributed by atoms with Gasteiger partial charge in [-0.2, -0.15) is 4.68 Å². The molecule has 6 heteroatoms. The molecule has 0 fully saturated rings. The zero-order valence-corrected chi connectivity index (χ0v) is 15.0. The van der Waals surface area contributed by atoms with Gasteiger partial charge in [0.1, 0.15) is 0 Å². The Hall–Kier alpha value is -2.70. The molecule has 0 saturated heterocycles. The zero-order chi connectivity index (χ0) is 17.5. The van der Waals surface area contributed by atoms with Gasteiger partial charge in [-0.25, -0.2) is 4.79 Å². The van der Waals surface area contributed by atoms with Crippen molar-refractivity contribution in [1.29, 1.82) is 0 Å². The van der Waals surface area contributed by atoms with Crippen LogP contribution in [-0.2, 0) is 13.1 Å². The highest BCUT2D eigenvalue weighted by Crippen LogP contribution is 2.37. The zero-order valence-electron chi connectivity index (χ0n) is 14.2. The van der Waals surface area contributed by atoms with E-state index in [1.807, 2.05) is 35.6 Å². The van der Waals surface area contributed by atoms with E-state index in [-0.39, 0.29) is 11.7 Å². The van der Waals surface area contributed by atoms with Gasteiger partial charge in [0.15, 0.2) is 5.65 Å². The minimum absolute atomic E-state index is 0.0940. The van der Waals surface area contributed by atoms with E-state index in [1.54, 1.807) is 15.3 Å². The summed E-state index contributed by atoms with van der Waals surface area (Å²) in [7, 11) is 0. The molecule has 5 rings (SSSR count). The molecule has 4 aromatic rings. The van der Waals surface area contributed by atoms with Crippen LogP contribution < -0.4 is 5.69 Å². The Kier molecular flexibility index (Phi) is 3.72. The number of nitrogens with zero attached hydrogens (tertiary/aromatic N) is 4. The van der Waals surface area contributed by atoms with Crippen molar-refractivity contribution in [1.82, 2.24) is 19.1 Å². The van der Waals surface area contributed by atoms with Crippen molar-refractivity contribution in [3.63, 3.8) is 0 Å². The maximum absolute atomic E-state index is 12.7. The summed E-state index contributed by atoms with van der Waals surface area (Å²) in [6.45, 7) is 1.39. The molecule has 1 aromatic carbocycles. The first-order valence-corrected chi connectivity index (χ1v) is 9.59. The maximum atomic E-state index is 12.7. The highest BCUT2D eigenvalue weighted by molar-refractivity contribution is 7.10. The third-order valence-corrected chi connectivity index (χ3v) is 5.98. The molecule has 1 atom stereocenters. The van der Waals surface area contributed by atoms with Gasteiger partial charge in [0, 0.05) is 17.6 Å². The summed E-state index contributed by atoms with van der Waals surface area (Å²) in [5.41, 5.74) is 3.19. The van der Waals surface area contributed by atoms with Gasteiger partial charge in [-0.05, 0) is 41.1 Å². The lowest BCUT2D eigenvalue weighted by atomic mass is 9.94. The minimum atomic E-state index is -0.0940. The fraction of sp³-hybridized carbons (Fsp3) is 0.200. The highest BCUT2D eigenvalue weighted by Gasteiger charge is 2.30. The Morgan fingerprint density at radius 2 is 1.92 bits per heavy atom. The largest absolute Gasteiger partial charge is 0.351 e. The molecule has 0 saturated carbocycles. The van der Waals surface area contributed by atoms with E-state index < -0.39 is 0 Å². The van der Waals surface area contributed by atoms with Crippen LogP contribution in [0.5, 0.6) is 0 Å². The Balaban J connectivity index is 1.56. The third kappa shape index (κ3) is 2.50. The van der Waals surface area contributed by atoms with Crippen LogP contribution in [0.25, 0.3) is 5.65 Å². The van der Waals surface area contributed by atoms with Crippen molar-refractivity contribution in [2.45, 2.75) is 19.1 Å². The van der Waals surface area contributed by atoms with Gasteiger partial charge in [-0.3, -0.25) is 9.30 Å². The number of rotatable bonds is 3. The second-order valence-electron chi connectivity index (χ2n) is 6.53. The Labute approximate surface area is 154 Å². The predicted molar refractivity (Wildman–Crippen MR) is 102 cm³/mol. The predicted octanol–water partition coefficient (Wildman–Crippen LogP) is 3.16. The van der Waals surface area contributed by atoms with Gasteiger partial charge in [-0.1, -0.05) is 36.4 Å². The summed E-state index contributed by atoms with van der Waals surface area (Å²) in [5, 5.41) is 6.67. The Morgan fingerprint density at radius 3 is 2.77 bits per heavy atom. The standard InChI is InChI=1S/C20H18N4OS/c25-20-23-11-5-4-8-18(23)21-24(20)14-22-12-9-17-16(10-13-26-17)19(22)15-6-2-1-3-7-15/h1-8,10-11,13,19H,9,12,14H2/t19-/m1/s1. The smallest absolute Gasteiger partial charge is 0.273 e. The number of pyridine rings is 1.